The van der Waals surface area contributed by atoms with Crippen LogP contribution in [0.2, 0.25) is 0 Å². The molecule has 1 atom stereocenters. The molecule has 0 amide bonds. The fourth-order valence-corrected chi connectivity index (χ4v) is 6.22. The molecule has 0 aliphatic heterocycles. The van der Waals surface area contributed by atoms with Gasteiger partial charge in [0, 0.05) is 0 Å². The molecule has 0 radical (unpaired) electrons. The fraction of sp³-hybridized carbons (Fsp3) is 0.478. The molecule has 2 rings (SSSR count). The average molecular weight is 500 g/mol. The van der Waals surface area contributed by atoms with Crippen LogP contribution in [0.1, 0.15) is 34.6 Å². The minimum atomic E-state index is -3.40. The molecule has 0 aliphatic carbocycles. The van der Waals surface area contributed by atoms with Gasteiger partial charge in [0.05, 0.1) is 37.0 Å². The molecule has 2 aromatic carbocycles. The van der Waals surface area contributed by atoms with Crippen LogP contribution in [-0.4, -0.2) is 39.1 Å². The van der Waals surface area contributed by atoms with Crippen molar-refractivity contribution in [2.45, 2.75) is 40.7 Å². The average Bonchev–Trinajstić information content (AvgIpc) is 2.79. The third-order valence-electron chi connectivity index (χ3n) is 4.29. The summed E-state index contributed by atoms with van der Waals surface area (Å²) in [5.74, 6) is 1.04. The second-order valence-electron chi connectivity index (χ2n) is 6.90. The van der Waals surface area contributed by atoms with E-state index >= 15 is 0 Å². The van der Waals surface area contributed by atoms with Crippen LogP contribution in [0.4, 0.5) is 0 Å². The Bertz CT molecular complexity index is 945. The van der Waals surface area contributed by atoms with Gasteiger partial charge in [-0.05, 0) is 71.0 Å². The highest BCUT2D eigenvalue weighted by Gasteiger charge is 2.28. The van der Waals surface area contributed by atoms with Crippen LogP contribution in [0.5, 0.6) is 11.5 Å². The first kappa shape index (κ1) is 27.6. The van der Waals surface area contributed by atoms with Gasteiger partial charge in [0.2, 0.25) is 0 Å². The second kappa shape index (κ2) is 13.3. The minimum absolute atomic E-state index is 0.232. The van der Waals surface area contributed by atoms with Gasteiger partial charge in [-0.15, -0.1) is 0 Å². The zero-order chi connectivity index (χ0) is 24.3. The Morgan fingerprint density at radius 2 is 1.12 bits per heavy atom. The SMILES string of the molecule is CCOP(=O)(OCC)c1cccc(OC[C@@H](C)Oc2cccc(P(=O)(OCC)OCC)c2)c1. The maximum Gasteiger partial charge on any atom is 0.361 e. The lowest BCUT2D eigenvalue weighted by Gasteiger charge is -2.20. The molecular weight excluding hydrogens is 466 g/mol. The van der Waals surface area contributed by atoms with Crippen molar-refractivity contribution in [2.75, 3.05) is 33.0 Å². The second-order valence-corrected chi connectivity index (χ2v) is 11.0. The van der Waals surface area contributed by atoms with Gasteiger partial charge < -0.3 is 27.6 Å². The van der Waals surface area contributed by atoms with Gasteiger partial charge in [-0.25, -0.2) is 0 Å². The van der Waals surface area contributed by atoms with E-state index in [1.165, 1.54) is 0 Å². The molecule has 0 bridgehead atoms. The first-order valence-corrected chi connectivity index (χ1v) is 14.2. The van der Waals surface area contributed by atoms with Gasteiger partial charge >= 0.3 is 15.2 Å². The fourth-order valence-electron chi connectivity index (χ4n) is 3.00. The van der Waals surface area contributed by atoms with Crippen molar-refractivity contribution in [1.82, 2.24) is 0 Å². The maximum absolute atomic E-state index is 13.0. The summed E-state index contributed by atoms with van der Waals surface area (Å²) in [6, 6.07) is 13.7. The Morgan fingerprint density at radius 1 is 0.697 bits per heavy atom. The van der Waals surface area contributed by atoms with Crippen molar-refractivity contribution in [3.63, 3.8) is 0 Å². The number of rotatable bonds is 15. The monoisotopic (exact) mass is 500 g/mol. The molecule has 0 aliphatic rings. The molecule has 0 N–H and O–H groups in total. The van der Waals surface area contributed by atoms with E-state index in [0.29, 0.717) is 22.1 Å². The number of hydrogen-bond acceptors (Lipinski definition) is 8. The van der Waals surface area contributed by atoms with Crippen molar-refractivity contribution >= 4 is 25.8 Å². The summed E-state index contributed by atoms with van der Waals surface area (Å²) in [6.45, 7) is 10.2. The molecule has 10 heteroatoms. The molecule has 0 aromatic heterocycles. The summed E-state index contributed by atoms with van der Waals surface area (Å²) in [5.41, 5.74) is 0. The summed E-state index contributed by atoms with van der Waals surface area (Å²) in [6.07, 6.45) is -0.326. The number of ether oxygens (including phenoxy) is 2. The van der Waals surface area contributed by atoms with E-state index in [9.17, 15) is 9.13 Å². The molecule has 0 fully saturated rings. The molecule has 0 spiro atoms. The third kappa shape index (κ3) is 7.96. The molecule has 33 heavy (non-hydrogen) atoms. The molecule has 0 saturated carbocycles. The predicted octanol–water partition coefficient (Wildman–Crippen LogP) is 5.32. The van der Waals surface area contributed by atoms with Crippen molar-refractivity contribution in [1.29, 1.82) is 0 Å². The smallest absolute Gasteiger partial charge is 0.361 e. The molecule has 0 saturated heterocycles. The van der Waals surface area contributed by atoms with Crippen molar-refractivity contribution in [3.8, 4) is 11.5 Å². The number of benzene rings is 2. The van der Waals surface area contributed by atoms with Crippen LogP contribution in [-0.2, 0) is 27.2 Å². The van der Waals surface area contributed by atoms with Gasteiger partial charge in [0.1, 0.15) is 24.2 Å². The Balaban J connectivity index is 2.06. The van der Waals surface area contributed by atoms with Crippen LogP contribution in [0.15, 0.2) is 48.5 Å². The van der Waals surface area contributed by atoms with Gasteiger partial charge in [0.25, 0.3) is 0 Å². The Hall–Kier alpha value is -1.66. The van der Waals surface area contributed by atoms with Crippen LogP contribution < -0.4 is 20.1 Å². The van der Waals surface area contributed by atoms with E-state index < -0.39 is 15.2 Å². The normalized spacial score (nSPS) is 13.0. The van der Waals surface area contributed by atoms with Gasteiger partial charge in [0.15, 0.2) is 0 Å². The summed E-state index contributed by atoms with van der Waals surface area (Å²) in [7, 11) is -6.80. The summed E-state index contributed by atoms with van der Waals surface area (Å²) < 4.78 is 59.4. The van der Waals surface area contributed by atoms with Crippen molar-refractivity contribution in [3.05, 3.63) is 48.5 Å². The standard InChI is InChI=1S/C23H34O8P2/c1-6-27-32(24,28-7-2)22-14-10-12-20(16-22)26-18-19(5)31-21-13-11-15-23(17-21)33(25,29-8-3)30-9-4/h10-17,19H,6-9,18H2,1-5H3/t19-/m1/s1. The van der Waals surface area contributed by atoms with Gasteiger partial charge in [-0.3, -0.25) is 9.13 Å². The molecule has 184 valence electrons. The van der Waals surface area contributed by atoms with E-state index in [4.69, 9.17) is 27.6 Å². The van der Waals surface area contributed by atoms with Crippen LogP contribution in [0, 0.1) is 0 Å². The molecule has 2 aromatic rings. The van der Waals surface area contributed by atoms with Crippen molar-refractivity contribution < 1.29 is 36.7 Å². The lowest BCUT2D eigenvalue weighted by molar-refractivity contribution is 0.143. The molecule has 8 nitrogen and oxygen atoms in total. The van der Waals surface area contributed by atoms with Gasteiger partial charge in [-0.2, -0.15) is 0 Å². The quantitative estimate of drug-likeness (QED) is 0.304. The summed E-state index contributed by atoms with van der Waals surface area (Å²) in [5, 5.41) is 0.875. The zero-order valence-electron chi connectivity index (χ0n) is 19.9. The van der Waals surface area contributed by atoms with E-state index in [1.54, 1.807) is 76.2 Å². The first-order chi connectivity index (χ1) is 15.8. The Labute approximate surface area is 196 Å². The molecule has 0 heterocycles. The Kier molecular flexibility index (Phi) is 11.1. The van der Waals surface area contributed by atoms with Crippen molar-refractivity contribution in [2.24, 2.45) is 0 Å². The van der Waals surface area contributed by atoms with Gasteiger partial charge in [-0.1, -0.05) is 12.1 Å². The highest BCUT2D eigenvalue weighted by molar-refractivity contribution is 7.62. The first-order valence-electron chi connectivity index (χ1n) is 11.1. The van der Waals surface area contributed by atoms with Crippen LogP contribution in [0.3, 0.4) is 0 Å². The largest absolute Gasteiger partial charge is 0.490 e. The lowest BCUT2D eigenvalue weighted by Crippen LogP contribution is -2.22. The predicted molar refractivity (Wildman–Crippen MR) is 129 cm³/mol. The number of hydrogen-bond donors (Lipinski definition) is 0. The van der Waals surface area contributed by atoms with E-state index in [2.05, 4.69) is 0 Å². The molecule has 0 unspecified atom stereocenters. The minimum Gasteiger partial charge on any atom is -0.490 e. The zero-order valence-corrected chi connectivity index (χ0v) is 21.7. The topological polar surface area (TPSA) is 89.5 Å². The van der Waals surface area contributed by atoms with E-state index in [1.807, 2.05) is 6.92 Å². The highest BCUT2D eigenvalue weighted by Crippen LogP contribution is 2.48. The molecular formula is C23H34O8P2. The van der Waals surface area contributed by atoms with Crippen LogP contribution >= 0.6 is 15.2 Å². The maximum atomic E-state index is 13.0. The van der Waals surface area contributed by atoms with E-state index in [0.717, 1.165) is 0 Å². The summed E-state index contributed by atoms with van der Waals surface area (Å²) >= 11 is 0. The van der Waals surface area contributed by atoms with E-state index in [-0.39, 0.29) is 39.1 Å². The highest BCUT2D eigenvalue weighted by atomic mass is 31.2. The van der Waals surface area contributed by atoms with Crippen LogP contribution in [0.25, 0.3) is 0 Å². The summed E-state index contributed by atoms with van der Waals surface area (Å²) in [4.78, 5) is 0. The lowest BCUT2D eigenvalue weighted by atomic mass is 10.3. The third-order valence-corrected chi connectivity index (χ3v) is 8.50. The Morgan fingerprint density at radius 3 is 1.58 bits per heavy atom.